The SMILES string of the molecule is CC(=O)c1cccc(Nc2ccc3cn[nH]c3c2)c1. The highest BCUT2D eigenvalue weighted by Gasteiger charge is 2.02. The molecule has 19 heavy (non-hydrogen) atoms. The number of Topliss-reactive ketones (excluding diaryl/α,β-unsaturated/α-hetero) is 1. The lowest BCUT2D eigenvalue weighted by Crippen LogP contribution is -1.95. The van der Waals surface area contributed by atoms with Gasteiger partial charge in [0.2, 0.25) is 0 Å². The number of carbonyl (C=O) groups is 1. The van der Waals surface area contributed by atoms with Crippen molar-refractivity contribution in [2.75, 3.05) is 5.32 Å². The average Bonchev–Trinajstić information content (AvgIpc) is 2.86. The number of rotatable bonds is 3. The summed E-state index contributed by atoms with van der Waals surface area (Å²) in [4.78, 5) is 11.3. The molecule has 0 unspecified atom stereocenters. The lowest BCUT2D eigenvalue weighted by molar-refractivity contribution is 0.101. The minimum absolute atomic E-state index is 0.0627. The molecule has 94 valence electrons. The van der Waals surface area contributed by atoms with Crippen LogP contribution in [0.2, 0.25) is 0 Å². The third-order valence-electron chi connectivity index (χ3n) is 3.00. The number of hydrogen-bond donors (Lipinski definition) is 2. The average molecular weight is 251 g/mol. The number of hydrogen-bond acceptors (Lipinski definition) is 3. The van der Waals surface area contributed by atoms with E-state index in [0.717, 1.165) is 22.3 Å². The first-order valence-corrected chi connectivity index (χ1v) is 6.03. The number of aromatic amines is 1. The van der Waals surface area contributed by atoms with Crippen LogP contribution in [0.4, 0.5) is 11.4 Å². The lowest BCUT2D eigenvalue weighted by Gasteiger charge is -2.07. The quantitative estimate of drug-likeness (QED) is 0.700. The van der Waals surface area contributed by atoms with Gasteiger partial charge in [0.1, 0.15) is 0 Å². The van der Waals surface area contributed by atoms with E-state index in [2.05, 4.69) is 15.5 Å². The van der Waals surface area contributed by atoms with E-state index in [4.69, 9.17) is 0 Å². The first kappa shape index (κ1) is 11.5. The van der Waals surface area contributed by atoms with Gasteiger partial charge >= 0.3 is 0 Å². The highest BCUT2D eigenvalue weighted by atomic mass is 16.1. The van der Waals surface area contributed by atoms with Crippen LogP contribution in [-0.4, -0.2) is 16.0 Å². The van der Waals surface area contributed by atoms with Crippen molar-refractivity contribution in [2.24, 2.45) is 0 Å². The van der Waals surface area contributed by atoms with Gasteiger partial charge in [0.15, 0.2) is 5.78 Å². The Bertz CT molecular complexity index is 746. The molecule has 0 saturated carbocycles. The van der Waals surface area contributed by atoms with Crippen LogP contribution >= 0.6 is 0 Å². The summed E-state index contributed by atoms with van der Waals surface area (Å²) in [5, 5.41) is 11.3. The Morgan fingerprint density at radius 2 is 2.00 bits per heavy atom. The van der Waals surface area contributed by atoms with Gasteiger partial charge in [-0.3, -0.25) is 9.89 Å². The zero-order chi connectivity index (χ0) is 13.2. The monoisotopic (exact) mass is 251 g/mol. The zero-order valence-electron chi connectivity index (χ0n) is 10.5. The molecule has 2 aromatic carbocycles. The molecule has 4 nitrogen and oxygen atoms in total. The van der Waals surface area contributed by atoms with Gasteiger partial charge in [-0.15, -0.1) is 0 Å². The van der Waals surface area contributed by atoms with Crippen LogP contribution < -0.4 is 5.32 Å². The van der Waals surface area contributed by atoms with Gasteiger partial charge in [-0.1, -0.05) is 12.1 Å². The summed E-state index contributed by atoms with van der Waals surface area (Å²) in [6.07, 6.45) is 1.79. The smallest absolute Gasteiger partial charge is 0.159 e. The van der Waals surface area contributed by atoms with Crippen LogP contribution in [0.1, 0.15) is 17.3 Å². The van der Waals surface area contributed by atoms with Crippen molar-refractivity contribution in [2.45, 2.75) is 6.92 Å². The van der Waals surface area contributed by atoms with E-state index in [0.29, 0.717) is 5.56 Å². The van der Waals surface area contributed by atoms with Crippen LogP contribution in [0.25, 0.3) is 10.9 Å². The van der Waals surface area contributed by atoms with Crippen LogP contribution in [0.5, 0.6) is 0 Å². The van der Waals surface area contributed by atoms with E-state index in [1.54, 1.807) is 13.1 Å². The Hall–Kier alpha value is -2.62. The second-order valence-corrected chi connectivity index (χ2v) is 4.43. The van der Waals surface area contributed by atoms with Gasteiger partial charge in [0, 0.05) is 22.3 Å². The van der Waals surface area contributed by atoms with Gasteiger partial charge < -0.3 is 5.32 Å². The number of aromatic nitrogens is 2. The fourth-order valence-corrected chi connectivity index (χ4v) is 2.00. The molecule has 1 heterocycles. The van der Waals surface area contributed by atoms with Crippen LogP contribution in [-0.2, 0) is 0 Å². The van der Waals surface area contributed by atoms with Gasteiger partial charge in [-0.2, -0.15) is 5.10 Å². The second-order valence-electron chi connectivity index (χ2n) is 4.43. The predicted octanol–water partition coefficient (Wildman–Crippen LogP) is 3.51. The van der Waals surface area contributed by atoms with E-state index in [-0.39, 0.29) is 5.78 Å². The molecule has 3 rings (SSSR count). The number of ketones is 1. The van der Waals surface area contributed by atoms with E-state index >= 15 is 0 Å². The highest BCUT2D eigenvalue weighted by molar-refractivity contribution is 5.95. The van der Waals surface area contributed by atoms with Gasteiger partial charge in [0.25, 0.3) is 0 Å². The summed E-state index contributed by atoms with van der Waals surface area (Å²) in [6, 6.07) is 13.4. The molecule has 0 aliphatic heterocycles. The molecule has 0 spiro atoms. The molecular weight excluding hydrogens is 238 g/mol. The number of benzene rings is 2. The van der Waals surface area contributed by atoms with Crippen molar-refractivity contribution in [3.8, 4) is 0 Å². The molecule has 0 saturated heterocycles. The van der Waals surface area contributed by atoms with Crippen molar-refractivity contribution >= 4 is 28.1 Å². The topological polar surface area (TPSA) is 57.8 Å². The second kappa shape index (κ2) is 4.57. The molecule has 0 radical (unpaired) electrons. The Balaban J connectivity index is 1.91. The minimum Gasteiger partial charge on any atom is -0.355 e. The normalized spacial score (nSPS) is 10.6. The summed E-state index contributed by atoms with van der Waals surface area (Å²) in [6.45, 7) is 1.57. The standard InChI is InChI=1S/C15H13N3O/c1-10(19)11-3-2-4-13(7-11)17-14-6-5-12-9-16-18-15(12)8-14/h2-9,17H,1H3,(H,16,18). The zero-order valence-corrected chi connectivity index (χ0v) is 10.5. The molecule has 1 aromatic heterocycles. The van der Waals surface area contributed by atoms with Gasteiger partial charge in [0.05, 0.1) is 11.7 Å². The van der Waals surface area contributed by atoms with Crippen molar-refractivity contribution in [1.29, 1.82) is 0 Å². The minimum atomic E-state index is 0.0627. The molecule has 4 heteroatoms. The molecular formula is C15H13N3O. The Kier molecular flexibility index (Phi) is 2.76. The van der Waals surface area contributed by atoms with Gasteiger partial charge in [-0.25, -0.2) is 0 Å². The third kappa shape index (κ3) is 2.33. The molecule has 0 fully saturated rings. The maximum atomic E-state index is 11.3. The Morgan fingerprint density at radius 1 is 1.16 bits per heavy atom. The summed E-state index contributed by atoms with van der Waals surface area (Å²) >= 11 is 0. The summed E-state index contributed by atoms with van der Waals surface area (Å²) in [7, 11) is 0. The molecule has 0 aliphatic rings. The summed E-state index contributed by atoms with van der Waals surface area (Å²) < 4.78 is 0. The van der Waals surface area contributed by atoms with Crippen LogP contribution in [0.15, 0.2) is 48.7 Å². The fourth-order valence-electron chi connectivity index (χ4n) is 2.00. The van der Waals surface area contributed by atoms with Crippen molar-refractivity contribution in [1.82, 2.24) is 10.2 Å². The Morgan fingerprint density at radius 3 is 2.84 bits per heavy atom. The van der Waals surface area contributed by atoms with Crippen LogP contribution in [0, 0.1) is 0 Å². The van der Waals surface area contributed by atoms with Crippen molar-refractivity contribution < 1.29 is 4.79 Å². The largest absolute Gasteiger partial charge is 0.355 e. The van der Waals surface area contributed by atoms with Gasteiger partial charge in [-0.05, 0) is 37.3 Å². The molecule has 0 aliphatic carbocycles. The maximum Gasteiger partial charge on any atom is 0.159 e. The maximum absolute atomic E-state index is 11.3. The number of nitrogens with zero attached hydrogens (tertiary/aromatic N) is 1. The Labute approximate surface area is 110 Å². The lowest BCUT2D eigenvalue weighted by atomic mass is 10.1. The molecule has 0 amide bonds. The predicted molar refractivity (Wildman–Crippen MR) is 75.8 cm³/mol. The molecule has 0 bridgehead atoms. The number of nitrogens with one attached hydrogen (secondary N) is 2. The number of fused-ring (bicyclic) bond motifs is 1. The van der Waals surface area contributed by atoms with E-state index < -0.39 is 0 Å². The number of carbonyl (C=O) groups excluding carboxylic acids is 1. The van der Waals surface area contributed by atoms with E-state index in [1.807, 2.05) is 42.5 Å². The van der Waals surface area contributed by atoms with Crippen molar-refractivity contribution in [3.63, 3.8) is 0 Å². The highest BCUT2D eigenvalue weighted by Crippen LogP contribution is 2.21. The summed E-state index contributed by atoms with van der Waals surface area (Å²) in [5.74, 6) is 0.0627. The van der Waals surface area contributed by atoms with E-state index in [9.17, 15) is 4.79 Å². The van der Waals surface area contributed by atoms with Crippen molar-refractivity contribution in [3.05, 3.63) is 54.2 Å². The third-order valence-corrected chi connectivity index (χ3v) is 3.00. The van der Waals surface area contributed by atoms with E-state index in [1.165, 1.54) is 0 Å². The fraction of sp³-hybridized carbons (Fsp3) is 0.0667. The van der Waals surface area contributed by atoms with Crippen LogP contribution in [0.3, 0.4) is 0 Å². The number of anilines is 2. The summed E-state index contributed by atoms with van der Waals surface area (Å²) in [5.41, 5.74) is 3.53. The molecule has 0 atom stereocenters. The molecule has 3 aromatic rings. The number of H-pyrrole nitrogens is 1. The first-order chi connectivity index (χ1) is 9.22. The first-order valence-electron chi connectivity index (χ1n) is 6.03. The molecule has 2 N–H and O–H groups in total.